The summed E-state index contributed by atoms with van der Waals surface area (Å²) in [6.45, 7) is -0.00842. The van der Waals surface area contributed by atoms with Crippen LogP contribution in [0.1, 0.15) is 12.8 Å². The van der Waals surface area contributed by atoms with Gasteiger partial charge in [0.1, 0.15) is 5.82 Å². The lowest BCUT2D eigenvalue weighted by molar-refractivity contribution is -0.186. The van der Waals surface area contributed by atoms with Gasteiger partial charge in [0.05, 0.1) is 18.2 Å². The predicted molar refractivity (Wildman–Crippen MR) is 75.3 cm³/mol. The molecule has 1 aliphatic rings. The van der Waals surface area contributed by atoms with Crippen molar-refractivity contribution in [3.05, 3.63) is 29.0 Å². The van der Waals surface area contributed by atoms with E-state index in [1.54, 1.807) is 0 Å². The van der Waals surface area contributed by atoms with E-state index >= 15 is 0 Å². The van der Waals surface area contributed by atoms with E-state index in [2.05, 4.69) is 5.32 Å². The molecule has 1 unspecified atom stereocenters. The molecule has 8 heteroatoms. The number of amides is 1. The van der Waals surface area contributed by atoms with Crippen LogP contribution >= 0.6 is 11.6 Å². The number of hydrogen-bond donors (Lipinski definition) is 1. The average molecular weight is 339 g/mol. The van der Waals surface area contributed by atoms with Gasteiger partial charge in [0.25, 0.3) is 0 Å². The smallest absolute Gasteiger partial charge is 0.322 e. The molecule has 0 aromatic heterocycles. The van der Waals surface area contributed by atoms with Crippen LogP contribution in [0.2, 0.25) is 5.02 Å². The van der Waals surface area contributed by atoms with Crippen LogP contribution in [0.15, 0.2) is 18.2 Å². The molecule has 1 N–H and O–H groups in total. The number of hydrogen-bond acceptors (Lipinski definition) is 2. The van der Waals surface area contributed by atoms with E-state index in [1.807, 2.05) is 0 Å². The van der Waals surface area contributed by atoms with Gasteiger partial charge >= 0.3 is 6.18 Å². The van der Waals surface area contributed by atoms with E-state index in [0.717, 1.165) is 6.07 Å². The van der Waals surface area contributed by atoms with E-state index in [4.69, 9.17) is 11.6 Å². The molecule has 122 valence electrons. The van der Waals surface area contributed by atoms with Crippen molar-refractivity contribution in [1.29, 1.82) is 0 Å². The van der Waals surface area contributed by atoms with Crippen LogP contribution in [-0.2, 0) is 4.79 Å². The first kappa shape index (κ1) is 17.0. The molecule has 1 fully saturated rings. The minimum Gasteiger partial charge on any atom is -0.322 e. The highest BCUT2D eigenvalue weighted by Crippen LogP contribution is 2.33. The zero-order valence-corrected chi connectivity index (χ0v) is 12.3. The molecular weight excluding hydrogens is 324 g/mol. The van der Waals surface area contributed by atoms with Crippen molar-refractivity contribution >= 4 is 23.2 Å². The molecule has 1 aromatic carbocycles. The zero-order valence-electron chi connectivity index (χ0n) is 11.6. The Bertz CT molecular complexity index is 550. The quantitative estimate of drug-likeness (QED) is 0.852. The summed E-state index contributed by atoms with van der Waals surface area (Å²) in [5.74, 6) is -2.63. The number of halogens is 5. The zero-order chi connectivity index (χ0) is 16.3. The fourth-order valence-electron chi connectivity index (χ4n) is 2.45. The fraction of sp³-hybridized carbons (Fsp3) is 0.500. The van der Waals surface area contributed by atoms with Gasteiger partial charge in [-0.05, 0) is 37.6 Å². The third kappa shape index (κ3) is 4.58. The molecule has 1 heterocycles. The maximum absolute atomic E-state index is 13.5. The Balaban J connectivity index is 1.93. The van der Waals surface area contributed by atoms with Gasteiger partial charge < -0.3 is 5.32 Å². The van der Waals surface area contributed by atoms with Crippen molar-refractivity contribution in [2.75, 3.05) is 25.0 Å². The molecule has 1 aliphatic heterocycles. The van der Waals surface area contributed by atoms with Gasteiger partial charge in [-0.25, -0.2) is 4.39 Å². The minimum atomic E-state index is -4.26. The lowest BCUT2D eigenvalue weighted by Crippen LogP contribution is -2.44. The van der Waals surface area contributed by atoms with Crippen LogP contribution in [0.5, 0.6) is 0 Å². The summed E-state index contributed by atoms with van der Waals surface area (Å²) in [5.41, 5.74) is -0.0816. The number of carbonyl (C=O) groups is 1. The van der Waals surface area contributed by atoms with E-state index in [0.29, 0.717) is 13.0 Å². The van der Waals surface area contributed by atoms with Gasteiger partial charge in [-0.2, -0.15) is 13.2 Å². The van der Waals surface area contributed by atoms with Crippen molar-refractivity contribution in [2.45, 2.75) is 19.0 Å². The largest absolute Gasteiger partial charge is 0.393 e. The second-order valence-electron chi connectivity index (χ2n) is 5.29. The third-order valence-electron chi connectivity index (χ3n) is 3.54. The van der Waals surface area contributed by atoms with Crippen molar-refractivity contribution in [3.8, 4) is 0 Å². The Morgan fingerprint density at radius 2 is 2.14 bits per heavy atom. The molecule has 0 bridgehead atoms. The average Bonchev–Trinajstić information content (AvgIpc) is 2.42. The van der Waals surface area contributed by atoms with Crippen molar-refractivity contribution in [3.63, 3.8) is 0 Å². The molecule has 0 aliphatic carbocycles. The summed E-state index contributed by atoms with van der Waals surface area (Å²) in [4.78, 5) is 13.3. The lowest BCUT2D eigenvalue weighted by atomic mass is 9.97. The first-order chi connectivity index (χ1) is 10.3. The standard InChI is InChI=1S/C14H15ClF4N2O/c15-10-3-4-11(16)12(6-10)20-13(22)8-21-5-1-2-9(7-21)14(17,18)19/h3-4,6,9H,1-2,5,7-8H2,(H,20,22). The van der Waals surface area contributed by atoms with Crippen LogP contribution in [0.25, 0.3) is 0 Å². The van der Waals surface area contributed by atoms with Gasteiger partial charge in [0.2, 0.25) is 5.91 Å². The van der Waals surface area contributed by atoms with E-state index in [1.165, 1.54) is 17.0 Å². The summed E-state index contributed by atoms with van der Waals surface area (Å²) < 4.78 is 51.6. The number of benzene rings is 1. The summed E-state index contributed by atoms with van der Waals surface area (Å²) in [6.07, 6.45) is -3.80. The number of rotatable bonds is 3. The number of nitrogens with one attached hydrogen (secondary N) is 1. The Hall–Kier alpha value is -1.34. The van der Waals surface area contributed by atoms with Crippen LogP contribution in [0.4, 0.5) is 23.2 Å². The number of piperidine rings is 1. The maximum atomic E-state index is 13.5. The highest BCUT2D eigenvalue weighted by Gasteiger charge is 2.41. The van der Waals surface area contributed by atoms with Crippen LogP contribution in [-0.4, -0.2) is 36.6 Å². The molecule has 1 amide bonds. The van der Waals surface area contributed by atoms with Gasteiger partial charge in [-0.1, -0.05) is 11.6 Å². The maximum Gasteiger partial charge on any atom is 0.393 e. The van der Waals surface area contributed by atoms with E-state index in [9.17, 15) is 22.4 Å². The molecule has 1 atom stereocenters. The first-order valence-electron chi connectivity index (χ1n) is 6.79. The molecule has 2 rings (SSSR count). The third-order valence-corrected chi connectivity index (χ3v) is 3.77. The summed E-state index contributed by atoms with van der Waals surface area (Å²) >= 11 is 5.71. The SMILES string of the molecule is O=C(CN1CCCC(C(F)(F)F)C1)Nc1cc(Cl)ccc1F. The summed E-state index contributed by atoms with van der Waals surface area (Å²) in [6, 6.07) is 3.70. The molecule has 1 saturated heterocycles. The fourth-order valence-corrected chi connectivity index (χ4v) is 2.62. The minimum absolute atomic E-state index is 0.0739. The van der Waals surface area contributed by atoms with Crippen molar-refractivity contribution < 1.29 is 22.4 Å². The number of likely N-dealkylation sites (tertiary alicyclic amines) is 1. The predicted octanol–water partition coefficient (Wildman–Crippen LogP) is 3.69. The Labute approximate surface area is 130 Å². The van der Waals surface area contributed by atoms with Gasteiger partial charge in [-0.3, -0.25) is 9.69 Å². The van der Waals surface area contributed by atoms with Crippen molar-refractivity contribution in [1.82, 2.24) is 4.90 Å². The molecule has 1 aromatic rings. The molecular formula is C14H15ClF4N2O. The van der Waals surface area contributed by atoms with Gasteiger partial charge in [0, 0.05) is 11.6 Å². The van der Waals surface area contributed by atoms with Crippen LogP contribution in [0.3, 0.4) is 0 Å². The second kappa shape index (κ2) is 6.83. The van der Waals surface area contributed by atoms with Gasteiger partial charge in [0.15, 0.2) is 0 Å². The van der Waals surface area contributed by atoms with Gasteiger partial charge in [-0.15, -0.1) is 0 Å². The lowest BCUT2D eigenvalue weighted by Gasteiger charge is -2.33. The highest BCUT2D eigenvalue weighted by molar-refractivity contribution is 6.30. The van der Waals surface area contributed by atoms with E-state index < -0.39 is 23.8 Å². The second-order valence-corrected chi connectivity index (χ2v) is 5.72. The number of anilines is 1. The molecule has 0 spiro atoms. The molecule has 3 nitrogen and oxygen atoms in total. The topological polar surface area (TPSA) is 32.3 Å². The van der Waals surface area contributed by atoms with E-state index in [-0.39, 0.29) is 30.2 Å². The Kier molecular flexibility index (Phi) is 5.28. The number of nitrogens with zero attached hydrogens (tertiary/aromatic N) is 1. The van der Waals surface area contributed by atoms with Crippen LogP contribution in [0, 0.1) is 11.7 Å². The first-order valence-corrected chi connectivity index (χ1v) is 7.17. The number of alkyl halides is 3. The van der Waals surface area contributed by atoms with Crippen LogP contribution < -0.4 is 5.32 Å². The summed E-state index contributed by atoms with van der Waals surface area (Å²) in [5, 5.41) is 2.59. The number of carbonyl (C=O) groups excluding carboxylic acids is 1. The molecule has 0 radical (unpaired) electrons. The summed E-state index contributed by atoms with van der Waals surface area (Å²) in [7, 11) is 0. The monoisotopic (exact) mass is 338 g/mol. The van der Waals surface area contributed by atoms with Crippen molar-refractivity contribution in [2.24, 2.45) is 5.92 Å². The highest BCUT2D eigenvalue weighted by atomic mass is 35.5. The molecule has 22 heavy (non-hydrogen) atoms. The normalized spacial score (nSPS) is 20.0. The Morgan fingerprint density at radius 1 is 1.41 bits per heavy atom. The molecule has 0 saturated carbocycles. The Morgan fingerprint density at radius 3 is 2.82 bits per heavy atom.